The van der Waals surface area contributed by atoms with Crippen molar-refractivity contribution in [1.82, 2.24) is 10.3 Å². The van der Waals surface area contributed by atoms with E-state index in [1.807, 2.05) is 0 Å². The Balaban J connectivity index is 2.09. The van der Waals surface area contributed by atoms with Crippen LogP contribution < -0.4 is 5.32 Å². The quantitative estimate of drug-likeness (QED) is 0.776. The second-order valence-electron chi connectivity index (χ2n) is 5.68. The van der Waals surface area contributed by atoms with Gasteiger partial charge in [0.05, 0.1) is 12.2 Å². The van der Waals surface area contributed by atoms with Crippen LogP contribution in [0.3, 0.4) is 0 Å². The molecule has 126 valence electrons. The van der Waals surface area contributed by atoms with Gasteiger partial charge in [-0.05, 0) is 46.1 Å². The molecule has 0 aromatic carbocycles. The molecule has 0 radical (unpaired) electrons. The van der Waals surface area contributed by atoms with Crippen molar-refractivity contribution < 1.29 is 23.9 Å². The number of hydrogen-bond acceptors (Lipinski definition) is 5. The van der Waals surface area contributed by atoms with Crippen LogP contribution in [-0.4, -0.2) is 41.6 Å². The summed E-state index contributed by atoms with van der Waals surface area (Å²) < 4.78 is 10.2. The van der Waals surface area contributed by atoms with Gasteiger partial charge in [0.25, 0.3) is 5.91 Å². The highest BCUT2D eigenvalue weighted by Gasteiger charge is 2.29. The molecule has 2 rings (SSSR count). The molecule has 0 saturated heterocycles. The lowest BCUT2D eigenvalue weighted by molar-refractivity contribution is -0.129. The maximum absolute atomic E-state index is 12.3. The molecule has 1 heterocycles. The summed E-state index contributed by atoms with van der Waals surface area (Å²) in [5.74, 6) is -1.46. The lowest BCUT2D eigenvalue weighted by Gasteiger charge is -2.13. The number of ether oxygens (including phenoxy) is 2. The highest BCUT2D eigenvalue weighted by Crippen LogP contribution is 2.21. The number of aromatic amines is 1. The van der Waals surface area contributed by atoms with E-state index in [9.17, 15) is 14.4 Å². The smallest absolute Gasteiger partial charge is 0.355 e. The molecule has 7 heteroatoms. The van der Waals surface area contributed by atoms with Gasteiger partial charge in [-0.15, -0.1) is 0 Å². The topological polar surface area (TPSA) is 97.5 Å². The third-order valence-corrected chi connectivity index (χ3v) is 3.70. The molecule has 1 aliphatic rings. The van der Waals surface area contributed by atoms with E-state index in [0.717, 1.165) is 12.8 Å². The number of aromatic nitrogens is 1. The van der Waals surface area contributed by atoms with Gasteiger partial charge in [0, 0.05) is 11.7 Å². The molecule has 23 heavy (non-hydrogen) atoms. The Kier molecular flexibility index (Phi) is 5.08. The van der Waals surface area contributed by atoms with E-state index in [2.05, 4.69) is 10.3 Å². The van der Waals surface area contributed by atoms with Crippen molar-refractivity contribution in [2.75, 3.05) is 6.61 Å². The molecule has 7 nitrogen and oxygen atoms in total. The first-order chi connectivity index (χ1) is 10.8. The summed E-state index contributed by atoms with van der Waals surface area (Å²) >= 11 is 0. The summed E-state index contributed by atoms with van der Waals surface area (Å²) in [7, 11) is 0. The third-order valence-electron chi connectivity index (χ3n) is 3.70. The van der Waals surface area contributed by atoms with Crippen molar-refractivity contribution >= 4 is 17.8 Å². The summed E-state index contributed by atoms with van der Waals surface area (Å²) in [6.45, 7) is 6.79. The monoisotopic (exact) mass is 322 g/mol. The van der Waals surface area contributed by atoms with Gasteiger partial charge in [-0.1, -0.05) is 0 Å². The van der Waals surface area contributed by atoms with Crippen LogP contribution in [0.5, 0.6) is 0 Å². The fourth-order valence-corrected chi connectivity index (χ4v) is 2.28. The minimum atomic E-state index is -0.886. The van der Waals surface area contributed by atoms with Crippen LogP contribution in [0.1, 0.15) is 58.8 Å². The molecule has 1 atom stereocenters. The number of hydrogen-bond donors (Lipinski definition) is 2. The fourth-order valence-electron chi connectivity index (χ4n) is 2.28. The molecule has 1 aromatic rings. The Labute approximate surface area is 134 Å². The van der Waals surface area contributed by atoms with Crippen LogP contribution in [0.2, 0.25) is 0 Å². The Bertz CT molecular complexity index is 631. The highest BCUT2D eigenvalue weighted by atomic mass is 16.5. The number of rotatable bonds is 6. The van der Waals surface area contributed by atoms with Crippen molar-refractivity contribution in [3.05, 3.63) is 22.5 Å². The molecular formula is C16H22N2O5. The molecule has 0 bridgehead atoms. The normalized spacial score (nSPS) is 15.0. The summed E-state index contributed by atoms with van der Waals surface area (Å²) in [4.78, 5) is 38.9. The summed E-state index contributed by atoms with van der Waals surface area (Å²) in [5.41, 5.74) is 1.46. The van der Waals surface area contributed by atoms with Crippen LogP contribution in [0.4, 0.5) is 0 Å². The number of amides is 1. The summed E-state index contributed by atoms with van der Waals surface area (Å²) in [6, 6.07) is 0.204. The average Bonchev–Trinajstić information content (AvgIpc) is 3.23. The van der Waals surface area contributed by atoms with Gasteiger partial charge in [-0.2, -0.15) is 0 Å². The van der Waals surface area contributed by atoms with Crippen LogP contribution in [0.25, 0.3) is 0 Å². The maximum atomic E-state index is 12.3. The van der Waals surface area contributed by atoms with Crippen LogP contribution >= 0.6 is 0 Å². The van der Waals surface area contributed by atoms with E-state index >= 15 is 0 Å². The molecule has 0 spiro atoms. The van der Waals surface area contributed by atoms with E-state index in [1.165, 1.54) is 6.92 Å². The summed E-state index contributed by atoms with van der Waals surface area (Å²) in [5, 5.41) is 2.78. The molecule has 1 aromatic heterocycles. The SMILES string of the molecule is CCOC(=O)c1[nH]c(C)c(C(=O)O[C@@H](C)C(=O)NC2CC2)c1C. The van der Waals surface area contributed by atoms with Crippen molar-refractivity contribution in [3.8, 4) is 0 Å². The second kappa shape index (κ2) is 6.85. The molecule has 1 amide bonds. The zero-order chi connectivity index (χ0) is 17.1. The van der Waals surface area contributed by atoms with E-state index in [1.54, 1.807) is 20.8 Å². The molecule has 2 N–H and O–H groups in total. The van der Waals surface area contributed by atoms with Gasteiger partial charge < -0.3 is 19.8 Å². The van der Waals surface area contributed by atoms with Crippen LogP contribution in [-0.2, 0) is 14.3 Å². The lowest BCUT2D eigenvalue weighted by Crippen LogP contribution is -2.37. The van der Waals surface area contributed by atoms with Gasteiger partial charge in [0.2, 0.25) is 0 Å². The lowest BCUT2D eigenvalue weighted by atomic mass is 10.1. The first-order valence-corrected chi connectivity index (χ1v) is 7.72. The van der Waals surface area contributed by atoms with Gasteiger partial charge in [0.1, 0.15) is 5.69 Å². The number of nitrogens with one attached hydrogen (secondary N) is 2. The minimum absolute atomic E-state index is 0.204. The molecule has 1 fully saturated rings. The van der Waals surface area contributed by atoms with E-state index < -0.39 is 18.0 Å². The molecule has 0 unspecified atom stereocenters. The Morgan fingerprint density at radius 1 is 1.26 bits per heavy atom. The number of aryl methyl sites for hydroxylation is 1. The predicted molar refractivity (Wildman–Crippen MR) is 82.3 cm³/mol. The molecule has 0 aliphatic heterocycles. The highest BCUT2D eigenvalue weighted by molar-refractivity contribution is 5.99. The predicted octanol–water partition coefficient (Wildman–Crippen LogP) is 1.63. The van der Waals surface area contributed by atoms with Crippen molar-refractivity contribution in [1.29, 1.82) is 0 Å². The zero-order valence-corrected chi connectivity index (χ0v) is 13.8. The third kappa shape index (κ3) is 3.91. The standard InChI is InChI=1S/C16H22N2O5/c1-5-22-16(21)13-8(2)12(9(3)17-13)15(20)23-10(4)14(19)18-11-6-7-11/h10-11,17H,5-7H2,1-4H3,(H,18,19)/t10-/m0/s1. The molecule has 1 saturated carbocycles. The zero-order valence-electron chi connectivity index (χ0n) is 13.8. The van der Waals surface area contributed by atoms with Gasteiger partial charge in [-0.25, -0.2) is 9.59 Å². The first-order valence-electron chi connectivity index (χ1n) is 7.72. The van der Waals surface area contributed by atoms with E-state index in [4.69, 9.17) is 9.47 Å². The van der Waals surface area contributed by atoms with Gasteiger partial charge in [0.15, 0.2) is 6.10 Å². The van der Waals surface area contributed by atoms with Gasteiger partial charge in [-0.3, -0.25) is 4.79 Å². The van der Waals surface area contributed by atoms with E-state index in [0.29, 0.717) is 11.3 Å². The first kappa shape index (κ1) is 17.1. The molecule has 1 aliphatic carbocycles. The average molecular weight is 322 g/mol. The fraction of sp³-hybridized carbons (Fsp3) is 0.562. The van der Waals surface area contributed by atoms with E-state index in [-0.39, 0.29) is 29.8 Å². The Morgan fingerprint density at radius 3 is 2.48 bits per heavy atom. The Hall–Kier alpha value is -2.31. The van der Waals surface area contributed by atoms with Crippen molar-refractivity contribution in [2.45, 2.75) is 52.7 Å². The number of carbonyl (C=O) groups excluding carboxylic acids is 3. The van der Waals surface area contributed by atoms with Crippen LogP contribution in [0.15, 0.2) is 0 Å². The summed E-state index contributed by atoms with van der Waals surface area (Å²) in [6.07, 6.45) is 1.04. The Morgan fingerprint density at radius 2 is 1.91 bits per heavy atom. The van der Waals surface area contributed by atoms with Crippen molar-refractivity contribution in [3.63, 3.8) is 0 Å². The number of H-pyrrole nitrogens is 1. The van der Waals surface area contributed by atoms with Gasteiger partial charge >= 0.3 is 11.9 Å². The van der Waals surface area contributed by atoms with Crippen molar-refractivity contribution in [2.24, 2.45) is 0 Å². The number of esters is 2. The molecular weight excluding hydrogens is 300 g/mol. The minimum Gasteiger partial charge on any atom is -0.461 e. The van der Waals surface area contributed by atoms with Crippen LogP contribution in [0, 0.1) is 13.8 Å². The second-order valence-corrected chi connectivity index (χ2v) is 5.68. The maximum Gasteiger partial charge on any atom is 0.355 e. The largest absolute Gasteiger partial charge is 0.461 e. The number of carbonyl (C=O) groups is 3.